The Kier molecular flexibility index (Phi) is 4.48. The Balaban J connectivity index is 1.97. The molecule has 2 aliphatic heterocycles. The van der Waals surface area contributed by atoms with E-state index in [1.54, 1.807) is 0 Å². The first-order chi connectivity index (χ1) is 8.15. The van der Waals surface area contributed by atoms with Crippen molar-refractivity contribution in [2.24, 2.45) is 11.3 Å². The van der Waals surface area contributed by atoms with Crippen molar-refractivity contribution in [1.29, 1.82) is 0 Å². The molecule has 2 atom stereocenters. The van der Waals surface area contributed by atoms with Crippen LogP contribution in [0.3, 0.4) is 0 Å². The molecule has 0 radical (unpaired) electrons. The Hall–Kier alpha value is -0.0800. The van der Waals surface area contributed by atoms with E-state index >= 15 is 0 Å². The Morgan fingerprint density at radius 3 is 2.47 bits per heavy atom. The van der Waals surface area contributed by atoms with Gasteiger partial charge in [-0.25, -0.2) is 0 Å². The second kappa shape index (κ2) is 5.71. The first kappa shape index (κ1) is 13.4. The molecule has 0 aromatic carbocycles. The molecule has 1 N–H and O–H groups in total. The molecule has 0 aliphatic carbocycles. The molecular weight excluding hydrogens is 208 g/mol. The second-order valence-corrected chi connectivity index (χ2v) is 6.62. The van der Waals surface area contributed by atoms with Gasteiger partial charge in [0.2, 0.25) is 0 Å². The van der Waals surface area contributed by atoms with E-state index in [1.165, 1.54) is 58.3 Å². The third-order valence-corrected chi connectivity index (χ3v) is 4.90. The molecule has 0 bridgehead atoms. The highest BCUT2D eigenvalue weighted by atomic mass is 15.2. The summed E-state index contributed by atoms with van der Waals surface area (Å²) in [7, 11) is 0. The largest absolute Gasteiger partial charge is 0.317 e. The van der Waals surface area contributed by atoms with Gasteiger partial charge in [-0.1, -0.05) is 20.3 Å². The summed E-state index contributed by atoms with van der Waals surface area (Å²) < 4.78 is 0. The number of piperidine rings is 1. The van der Waals surface area contributed by atoms with Crippen LogP contribution in [0.15, 0.2) is 0 Å². The lowest BCUT2D eigenvalue weighted by atomic mass is 9.75. The Bertz CT molecular complexity index is 228. The van der Waals surface area contributed by atoms with Crippen molar-refractivity contribution in [2.75, 3.05) is 26.2 Å². The van der Waals surface area contributed by atoms with Gasteiger partial charge in [-0.2, -0.15) is 0 Å². The third kappa shape index (κ3) is 3.23. The van der Waals surface area contributed by atoms with Gasteiger partial charge in [-0.3, -0.25) is 4.90 Å². The predicted octanol–water partition coefficient (Wildman–Crippen LogP) is 2.89. The summed E-state index contributed by atoms with van der Waals surface area (Å²) in [6.07, 6.45) is 6.95. The van der Waals surface area contributed by atoms with Crippen molar-refractivity contribution in [3.63, 3.8) is 0 Å². The van der Waals surface area contributed by atoms with Crippen LogP contribution in [0.1, 0.15) is 52.9 Å². The molecule has 2 rings (SSSR count). The topological polar surface area (TPSA) is 15.3 Å². The summed E-state index contributed by atoms with van der Waals surface area (Å²) in [5.74, 6) is 0.908. The van der Waals surface area contributed by atoms with Crippen LogP contribution in [0, 0.1) is 11.3 Å². The molecule has 0 aromatic heterocycles. The highest BCUT2D eigenvalue weighted by molar-refractivity contribution is 4.91. The maximum Gasteiger partial charge on any atom is 0.00702 e. The van der Waals surface area contributed by atoms with Gasteiger partial charge < -0.3 is 5.32 Å². The fourth-order valence-electron chi connectivity index (χ4n) is 4.01. The Morgan fingerprint density at radius 1 is 1.24 bits per heavy atom. The zero-order valence-electron chi connectivity index (χ0n) is 12.0. The van der Waals surface area contributed by atoms with Gasteiger partial charge in [0, 0.05) is 19.1 Å². The van der Waals surface area contributed by atoms with Gasteiger partial charge in [0.05, 0.1) is 0 Å². The van der Waals surface area contributed by atoms with Crippen LogP contribution in [0.25, 0.3) is 0 Å². The first-order valence-corrected chi connectivity index (χ1v) is 7.60. The second-order valence-electron chi connectivity index (χ2n) is 6.62. The average Bonchev–Trinajstić information content (AvgIpc) is 2.59. The van der Waals surface area contributed by atoms with Crippen molar-refractivity contribution >= 4 is 0 Å². The lowest BCUT2D eigenvalue weighted by Crippen LogP contribution is -2.45. The summed E-state index contributed by atoms with van der Waals surface area (Å²) >= 11 is 0. The lowest BCUT2D eigenvalue weighted by molar-refractivity contribution is 0.0958. The molecule has 2 heterocycles. The minimum Gasteiger partial charge on any atom is -0.317 e. The molecule has 2 unspecified atom stereocenters. The molecule has 0 spiro atoms. The van der Waals surface area contributed by atoms with Crippen molar-refractivity contribution in [3.05, 3.63) is 0 Å². The fraction of sp³-hybridized carbons (Fsp3) is 1.00. The predicted molar refractivity (Wildman–Crippen MR) is 74.3 cm³/mol. The third-order valence-electron chi connectivity index (χ3n) is 4.90. The normalized spacial score (nSPS) is 34.1. The van der Waals surface area contributed by atoms with Crippen LogP contribution in [-0.2, 0) is 0 Å². The van der Waals surface area contributed by atoms with Gasteiger partial charge >= 0.3 is 0 Å². The van der Waals surface area contributed by atoms with E-state index in [-0.39, 0.29) is 0 Å². The molecular formula is C15H30N2. The number of likely N-dealkylation sites (tertiary alicyclic amines) is 1. The summed E-state index contributed by atoms with van der Waals surface area (Å²) in [4.78, 5) is 2.77. The fourth-order valence-corrected chi connectivity index (χ4v) is 4.01. The van der Waals surface area contributed by atoms with E-state index in [9.17, 15) is 0 Å². The maximum absolute atomic E-state index is 3.52. The van der Waals surface area contributed by atoms with Crippen LogP contribution in [0.2, 0.25) is 0 Å². The number of hydrogen-bond acceptors (Lipinski definition) is 2. The van der Waals surface area contributed by atoms with E-state index in [0.717, 1.165) is 12.0 Å². The highest BCUT2D eigenvalue weighted by Crippen LogP contribution is 2.37. The van der Waals surface area contributed by atoms with Crippen LogP contribution < -0.4 is 5.32 Å². The number of nitrogens with zero attached hydrogens (tertiary/aromatic N) is 1. The Morgan fingerprint density at radius 2 is 1.94 bits per heavy atom. The number of nitrogens with one attached hydrogen (secondary N) is 1. The van der Waals surface area contributed by atoms with Crippen LogP contribution in [-0.4, -0.2) is 37.1 Å². The van der Waals surface area contributed by atoms with Gasteiger partial charge in [-0.05, 0) is 57.0 Å². The van der Waals surface area contributed by atoms with Crippen molar-refractivity contribution in [1.82, 2.24) is 10.2 Å². The van der Waals surface area contributed by atoms with Gasteiger partial charge in [0.1, 0.15) is 0 Å². The molecule has 2 nitrogen and oxygen atoms in total. The van der Waals surface area contributed by atoms with E-state index in [0.29, 0.717) is 5.41 Å². The van der Waals surface area contributed by atoms with Crippen LogP contribution >= 0.6 is 0 Å². The Labute approximate surface area is 107 Å². The molecule has 100 valence electrons. The summed E-state index contributed by atoms with van der Waals surface area (Å²) in [5.41, 5.74) is 0.623. The quantitative estimate of drug-likeness (QED) is 0.810. The van der Waals surface area contributed by atoms with Crippen molar-refractivity contribution < 1.29 is 0 Å². The molecule has 2 heteroatoms. The van der Waals surface area contributed by atoms with Crippen molar-refractivity contribution in [2.45, 2.75) is 58.9 Å². The molecule has 0 aromatic rings. The highest BCUT2D eigenvalue weighted by Gasteiger charge is 2.36. The standard InChI is InChI=1S/C15H30N2/c1-4-5-15(6-8-16-9-7-15)12-17-11-13(2)10-14(17)3/h13-14,16H,4-12H2,1-3H3. The van der Waals surface area contributed by atoms with Crippen LogP contribution in [0.5, 0.6) is 0 Å². The molecule has 2 aliphatic rings. The number of rotatable bonds is 4. The van der Waals surface area contributed by atoms with Crippen molar-refractivity contribution in [3.8, 4) is 0 Å². The molecule has 2 fully saturated rings. The van der Waals surface area contributed by atoms with Gasteiger partial charge in [0.15, 0.2) is 0 Å². The lowest BCUT2D eigenvalue weighted by Gasteiger charge is -2.41. The zero-order valence-corrected chi connectivity index (χ0v) is 12.0. The van der Waals surface area contributed by atoms with E-state index in [2.05, 4.69) is 31.0 Å². The molecule has 0 saturated carbocycles. The minimum atomic E-state index is 0.623. The summed E-state index contributed by atoms with van der Waals surface area (Å²) in [5, 5.41) is 3.52. The SMILES string of the molecule is CCCC1(CN2CC(C)CC2C)CCNCC1. The van der Waals surface area contributed by atoms with E-state index in [1.807, 2.05) is 0 Å². The number of hydrogen-bond donors (Lipinski definition) is 1. The first-order valence-electron chi connectivity index (χ1n) is 7.60. The zero-order chi connectivity index (χ0) is 12.3. The van der Waals surface area contributed by atoms with E-state index in [4.69, 9.17) is 0 Å². The maximum atomic E-state index is 3.52. The summed E-state index contributed by atoms with van der Waals surface area (Å²) in [6, 6.07) is 0.814. The van der Waals surface area contributed by atoms with E-state index < -0.39 is 0 Å². The molecule has 0 amide bonds. The monoisotopic (exact) mass is 238 g/mol. The minimum absolute atomic E-state index is 0.623. The smallest absolute Gasteiger partial charge is 0.00702 e. The summed E-state index contributed by atoms with van der Waals surface area (Å²) in [6.45, 7) is 12.3. The molecule has 2 saturated heterocycles. The van der Waals surface area contributed by atoms with Gasteiger partial charge in [-0.15, -0.1) is 0 Å². The van der Waals surface area contributed by atoms with Crippen LogP contribution in [0.4, 0.5) is 0 Å². The molecule has 17 heavy (non-hydrogen) atoms. The average molecular weight is 238 g/mol. The van der Waals surface area contributed by atoms with Gasteiger partial charge in [0.25, 0.3) is 0 Å².